The summed E-state index contributed by atoms with van der Waals surface area (Å²) < 4.78 is 7.50. The van der Waals surface area contributed by atoms with Crippen molar-refractivity contribution in [3.63, 3.8) is 0 Å². The number of hydrogen-bond acceptors (Lipinski definition) is 3. The molecule has 1 N–H and O–H groups in total. The molecule has 1 aromatic heterocycles. The summed E-state index contributed by atoms with van der Waals surface area (Å²) in [5.74, 6) is 0. The summed E-state index contributed by atoms with van der Waals surface area (Å²) in [6, 6.07) is 0.333. The van der Waals surface area contributed by atoms with Crippen molar-refractivity contribution in [1.82, 2.24) is 9.78 Å². The maximum atomic E-state index is 9.71. The van der Waals surface area contributed by atoms with Crippen LogP contribution in [-0.2, 0) is 4.74 Å². The molecule has 0 saturated carbocycles. The van der Waals surface area contributed by atoms with Crippen LogP contribution >= 0.6 is 0 Å². The predicted octanol–water partition coefficient (Wildman–Crippen LogP) is 1.90. The zero-order valence-electron chi connectivity index (χ0n) is 10.2. The Morgan fingerprint density at radius 3 is 2.75 bits per heavy atom. The highest BCUT2D eigenvalue weighted by Crippen LogP contribution is 2.26. The molecule has 0 radical (unpaired) electrons. The van der Waals surface area contributed by atoms with Crippen LogP contribution in [-0.4, -0.2) is 28.1 Å². The smallest absolute Gasteiger partial charge is 0.0797 e. The molecule has 1 aliphatic heterocycles. The van der Waals surface area contributed by atoms with Crippen molar-refractivity contribution in [2.75, 3.05) is 13.2 Å². The van der Waals surface area contributed by atoms with Crippen LogP contribution in [0.15, 0.2) is 0 Å². The van der Waals surface area contributed by atoms with Gasteiger partial charge in [0.05, 0.1) is 24.4 Å². The minimum Gasteiger partial charge on any atom is -0.389 e. The number of aliphatic hydroxyl groups is 1. The lowest BCUT2D eigenvalue weighted by molar-refractivity contribution is 0.0540. The molecule has 2 atom stereocenters. The van der Waals surface area contributed by atoms with Gasteiger partial charge in [-0.15, -0.1) is 0 Å². The standard InChI is InChI=1S/C12H20N2O2/c1-8-12(10(3)15)9(2)14(13-8)11-5-4-6-16-7-11/h10-11,15H,4-7H2,1-3H3. The van der Waals surface area contributed by atoms with E-state index < -0.39 is 6.10 Å². The summed E-state index contributed by atoms with van der Waals surface area (Å²) in [5.41, 5.74) is 2.96. The van der Waals surface area contributed by atoms with E-state index in [0.717, 1.165) is 43.0 Å². The number of aromatic nitrogens is 2. The van der Waals surface area contributed by atoms with Gasteiger partial charge >= 0.3 is 0 Å². The minimum atomic E-state index is -0.446. The van der Waals surface area contributed by atoms with Crippen molar-refractivity contribution < 1.29 is 9.84 Å². The van der Waals surface area contributed by atoms with Crippen LogP contribution in [0.1, 0.15) is 48.9 Å². The molecule has 90 valence electrons. The Morgan fingerprint density at radius 2 is 2.25 bits per heavy atom. The second-order valence-corrected chi connectivity index (χ2v) is 4.58. The molecule has 1 aromatic rings. The summed E-state index contributed by atoms with van der Waals surface area (Å²) in [6.07, 6.45) is 1.76. The Labute approximate surface area is 96.2 Å². The van der Waals surface area contributed by atoms with E-state index in [9.17, 15) is 5.11 Å². The maximum absolute atomic E-state index is 9.71. The van der Waals surface area contributed by atoms with E-state index in [1.807, 2.05) is 18.5 Å². The molecular weight excluding hydrogens is 204 g/mol. The summed E-state index contributed by atoms with van der Waals surface area (Å²) >= 11 is 0. The molecule has 4 nitrogen and oxygen atoms in total. The van der Waals surface area contributed by atoms with Crippen LogP contribution in [0.5, 0.6) is 0 Å². The second-order valence-electron chi connectivity index (χ2n) is 4.58. The van der Waals surface area contributed by atoms with Crippen molar-refractivity contribution in [2.45, 2.75) is 45.8 Å². The molecule has 0 aliphatic carbocycles. The summed E-state index contributed by atoms with van der Waals surface area (Å²) in [7, 11) is 0. The van der Waals surface area contributed by atoms with Crippen molar-refractivity contribution >= 4 is 0 Å². The Bertz CT molecular complexity index is 365. The molecule has 0 aromatic carbocycles. The van der Waals surface area contributed by atoms with E-state index in [4.69, 9.17) is 4.74 Å². The van der Waals surface area contributed by atoms with Crippen molar-refractivity contribution in [2.24, 2.45) is 0 Å². The van der Waals surface area contributed by atoms with E-state index in [1.54, 1.807) is 6.92 Å². The van der Waals surface area contributed by atoms with E-state index in [2.05, 4.69) is 5.10 Å². The van der Waals surface area contributed by atoms with Gasteiger partial charge in [-0.2, -0.15) is 5.10 Å². The molecule has 2 rings (SSSR count). The maximum Gasteiger partial charge on any atom is 0.0797 e. The topological polar surface area (TPSA) is 47.3 Å². The van der Waals surface area contributed by atoms with Crippen LogP contribution in [0, 0.1) is 13.8 Å². The quantitative estimate of drug-likeness (QED) is 0.834. The monoisotopic (exact) mass is 224 g/mol. The Hall–Kier alpha value is -0.870. The van der Waals surface area contributed by atoms with Gasteiger partial charge < -0.3 is 9.84 Å². The lowest BCUT2D eigenvalue weighted by Crippen LogP contribution is -2.23. The first-order valence-corrected chi connectivity index (χ1v) is 5.92. The third-order valence-corrected chi connectivity index (χ3v) is 3.28. The summed E-state index contributed by atoms with van der Waals surface area (Å²) in [4.78, 5) is 0. The third-order valence-electron chi connectivity index (χ3n) is 3.28. The van der Waals surface area contributed by atoms with Gasteiger partial charge in [0.2, 0.25) is 0 Å². The number of nitrogens with zero attached hydrogens (tertiary/aromatic N) is 2. The van der Waals surface area contributed by atoms with Crippen LogP contribution in [0.2, 0.25) is 0 Å². The molecule has 2 heterocycles. The normalized spacial score (nSPS) is 23.4. The van der Waals surface area contributed by atoms with Gasteiger partial charge in [-0.05, 0) is 33.6 Å². The first kappa shape index (κ1) is 11.6. The van der Waals surface area contributed by atoms with E-state index in [1.165, 1.54) is 0 Å². The molecule has 1 fully saturated rings. The molecule has 1 saturated heterocycles. The highest BCUT2D eigenvalue weighted by molar-refractivity contribution is 5.26. The molecule has 16 heavy (non-hydrogen) atoms. The fraction of sp³-hybridized carbons (Fsp3) is 0.750. The molecule has 0 spiro atoms. The Balaban J connectivity index is 2.30. The number of aryl methyl sites for hydroxylation is 1. The Kier molecular flexibility index (Phi) is 3.30. The van der Waals surface area contributed by atoms with Crippen LogP contribution in [0.3, 0.4) is 0 Å². The summed E-state index contributed by atoms with van der Waals surface area (Å²) in [5, 5.41) is 14.2. The summed E-state index contributed by atoms with van der Waals surface area (Å²) in [6.45, 7) is 7.37. The fourth-order valence-corrected chi connectivity index (χ4v) is 2.55. The molecule has 4 heteroatoms. The first-order chi connectivity index (χ1) is 7.61. The van der Waals surface area contributed by atoms with E-state index in [-0.39, 0.29) is 0 Å². The minimum absolute atomic E-state index is 0.333. The average molecular weight is 224 g/mol. The third kappa shape index (κ3) is 1.99. The number of hydrogen-bond donors (Lipinski definition) is 1. The van der Waals surface area contributed by atoms with Crippen LogP contribution < -0.4 is 0 Å². The van der Waals surface area contributed by atoms with Crippen molar-refractivity contribution in [3.8, 4) is 0 Å². The van der Waals surface area contributed by atoms with E-state index >= 15 is 0 Å². The Morgan fingerprint density at radius 1 is 1.50 bits per heavy atom. The number of ether oxygens (including phenoxy) is 1. The number of rotatable bonds is 2. The second kappa shape index (κ2) is 4.55. The van der Waals surface area contributed by atoms with Gasteiger partial charge in [0.1, 0.15) is 0 Å². The highest BCUT2D eigenvalue weighted by atomic mass is 16.5. The van der Waals surface area contributed by atoms with E-state index in [0.29, 0.717) is 6.04 Å². The van der Waals surface area contributed by atoms with Crippen molar-refractivity contribution in [3.05, 3.63) is 17.0 Å². The van der Waals surface area contributed by atoms with Gasteiger partial charge in [-0.1, -0.05) is 0 Å². The largest absolute Gasteiger partial charge is 0.389 e. The fourth-order valence-electron chi connectivity index (χ4n) is 2.55. The molecule has 0 bridgehead atoms. The highest BCUT2D eigenvalue weighted by Gasteiger charge is 2.22. The van der Waals surface area contributed by atoms with Crippen LogP contribution in [0.4, 0.5) is 0 Å². The van der Waals surface area contributed by atoms with Gasteiger partial charge in [-0.25, -0.2) is 0 Å². The SMILES string of the molecule is Cc1nn(C2CCCOC2)c(C)c1C(C)O. The molecule has 2 unspecified atom stereocenters. The lowest BCUT2D eigenvalue weighted by atomic mass is 10.1. The zero-order valence-corrected chi connectivity index (χ0v) is 10.2. The van der Waals surface area contributed by atoms with Crippen molar-refractivity contribution in [1.29, 1.82) is 0 Å². The van der Waals surface area contributed by atoms with Gasteiger partial charge in [0.15, 0.2) is 0 Å². The zero-order chi connectivity index (χ0) is 11.7. The lowest BCUT2D eigenvalue weighted by Gasteiger charge is -2.23. The molecule has 0 amide bonds. The van der Waals surface area contributed by atoms with Crippen LogP contribution in [0.25, 0.3) is 0 Å². The molecule has 1 aliphatic rings. The van der Waals surface area contributed by atoms with Gasteiger partial charge in [0, 0.05) is 17.9 Å². The average Bonchev–Trinajstić information content (AvgIpc) is 2.55. The molecular formula is C12H20N2O2. The van der Waals surface area contributed by atoms with Gasteiger partial charge in [0.25, 0.3) is 0 Å². The van der Waals surface area contributed by atoms with Gasteiger partial charge in [-0.3, -0.25) is 4.68 Å². The first-order valence-electron chi connectivity index (χ1n) is 5.92. The predicted molar refractivity (Wildman–Crippen MR) is 61.4 cm³/mol. The number of aliphatic hydroxyl groups excluding tert-OH is 1.